The lowest BCUT2D eigenvalue weighted by Crippen LogP contribution is -2.10. The van der Waals surface area contributed by atoms with Gasteiger partial charge < -0.3 is 4.90 Å². The molecule has 0 amide bonds. The molecule has 4 aromatic carbocycles. The Kier molecular flexibility index (Phi) is 4.88. The number of anilines is 3. The molecule has 0 radical (unpaired) electrons. The maximum atomic E-state index is 11.2. The quantitative estimate of drug-likeness (QED) is 0.277. The molecule has 0 aliphatic carbocycles. The van der Waals surface area contributed by atoms with Crippen molar-refractivity contribution < 1.29 is 4.79 Å². The largest absolute Gasteiger partial charge is 0.310 e. The number of benzene rings is 4. The van der Waals surface area contributed by atoms with Crippen molar-refractivity contribution in [2.24, 2.45) is 0 Å². The average Bonchev–Trinajstić information content (AvgIpc) is 3.30. The van der Waals surface area contributed by atoms with Crippen molar-refractivity contribution in [3.8, 4) is 10.4 Å². The predicted molar refractivity (Wildman–Crippen MR) is 127 cm³/mol. The lowest BCUT2D eigenvalue weighted by molar-refractivity contribution is 0.112. The molecular formula is C27H19NOS. The van der Waals surface area contributed by atoms with Gasteiger partial charge in [0.05, 0.1) is 10.6 Å². The highest BCUT2D eigenvalue weighted by Crippen LogP contribution is 2.42. The third kappa shape index (κ3) is 3.30. The molecule has 0 saturated carbocycles. The minimum Gasteiger partial charge on any atom is -0.310 e. The number of para-hydroxylation sites is 2. The molecule has 1 heterocycles. The van der Waals surface area contributed by atoms with Crippen LogP contribution in [0.4, 0.5) is 17.1 Å². The van der Waals surface area contributed by atoms with E-state index < -0.39 is 0 Å². The van der Waals surface area contributed by atoms with Gasteiger partial charge >= 0.3 is 0 Å². The Morgan fingerprint density at radius 3 is 1.80 bits per heavy atom. The number of hydrogen-bond donors (Lipinski definition) is 0. The molecule has 0 N–H and O–H groups in total. The summed E-state index contributed by atoms with van der Waals surface area (Å²) >= 11 is 1.53. The van der Waals surface area contributed by atoms with Gasteiger partial charge in [0.15, 0.2) is 6.29 Å². The second kappa shape index (κ2) is 7.97. The van der Waals surface area contributed by atoms with Crippen LogP contribution in [0, 0.1) is 0 Å². The zero-order valence-corrected chi connectivity index (χ0v) is 17.0. The number of nitrogens with zero attached hydrogens (tertiary/aromatic N) is 1. The van der Waals surface area contributed by atoms with E-state index in [0.717, 1.165) is 38.7 Å². The van der Waals surface area contributed by atoms with Crippen LogP contribution in [0.15, 0.2) is 109 Å². The average molecular weight is 406 g/mol. The normalized spacial score (nSPS) is 10.8. The van der Waals surface area contributed by atoms with E-state index in [1.54, 1.807) is 0 Å². The third-order valence-electron chi connectivity index (χ3n) is 5.18. The molecule has 0 aliphatic rings. The van der Waals surface area contributed by atoms with E-state index in [2.05, 4.69) is 89.8 Å². The van der Waals surface area contributed by atoms with Crippen molar-refractivity contribution in [3.05, 3.63) is 114 Å². The second-order valence-corrected chi connectivity index (χ2v) is 8.12. The molecule has 0 aliphatic heterocycles. The molecule has 1 aromatic heterocycles. The summed E-state index contributed by atoms with van der Waals surface area (Å²) in [5.74, 6) is 0. The van der Waals surface area contributed by atoms with E-state index in [9.17, 15) is 4.79 Å². The zero-order chi connectivity index (χ0) is 20.3. The first-order chi connectivity index (χ1) is 14.8. The summed E-state index contributed by atoms with van der Waals surface area (Å²) in [6.07, 6.45) is 0.914. The Balaban J connectivity index is 1.75. The standard InChI is InChI=1S/C27H19NOS/c29-19-22-15-18-27(30-22)25-16-17-26(24-14-8-7-13-23(24)25)28(20-9-3-1-4-10-20)21-11-5-2-6-12-21/h1-19H. The Morgan fingerprint density at radius 2 is 1.20 bits per heavy atom. The molecule has 0 atom stereocenters. The van der Waals surface area contributed by atoms with Crippen LogP contribution in [0.3, 0.4) is 0 Å². The maximum absolute atomic E-state index is 11.2. The zero-order valence-electron chi connectivity index (χ0n) is 16.2. The van der Waals surface area contributed by atoms with E-state index >= 15 is 0 Å². The Hall–Kier alpha value is -3.69. The van der Waals surface area contributed by atoms with E-state index in [1.165, 1.54) is 22.1 Å². The third-order valence-corrected chi connectivity index (χ3v) is 6.22. The number of carbonyl (C=O) groups excluding carboxylic acids is 1. The SMILES string of the molecule is O=Cc1ccc(-c2ccc(N(c3ccccc3)c3ccccc3)c3ccccc23)s1. The summed E-state index contributed by atoms with van der Waals surface area (Å²) in [5.41, 5.74) is 4.49. The molecule has 144 valence electrons. The summed E-state index contributed by atoms with van der Waals surface area (Å²) in [7, 11) is 0. The number of thiophene rings is 1. The van der Waals surface area contributed by atoms with Gasteiger partial charge in [-0.2, -0.15) is 0 Å². The lowest BCUT2D eigenvalue weighted by atomic mass is 10.0. The fourth-order valence-corrected chi connectivity index (χ4v) is 4.70. The number of carbonyl (C=O) groups is 1. The summed E-state index contributed by atoms with van der Waals surface area (Å²) in [4.78, 5) is 15.3. The van der Waals surface area contributed by atoms with Crippen LogP contribution in [-0.4, -0.2) is 6.29 Å². The molecule has 0 saturated heterocycles. The minimum absolute atomic E-state index is 0.744. The minimum atomic E-state index is 0.744. The number of aldehydes is 1. The van der Waals surface area contributed by atoms with Crippen molar-refractivity contribution in [3.63, 3.8) is 0 Å². The monoisotopic (exact) mass is 405 g/mol. The predicted octanol–water partition coefficient (Wildman–Crippen LogP) is 7.85. The first-order valence-electron chi connectivity index (χ1n) is 9.82. The van der Waals surface area contributed by atoms with Crippen LogP contribution in [-0.2, 0) is 0 Å². The summed E-state index contributed by atoms with van der Waals surface area (Å²) < 4.78 is 0. The van der Waals surface area contributed by atoms with E-state index in [-0.39, 0.29) is 0 Å². The van der Waals surface area contributed by atoms with Crippen molar-refractivity contribution in [1.29, 1.82) is 0 Å². The van der Waals surface area contributed by atoms with Crippen molar-refractivity contribution in [2.75, 3.05) is 4.90 Å². The molecule has 0 bridgehead atoms. The second-order valence-electron chi connectivity index (χ2n) is 7.00. The van der Waals surface area contributed by atoms with Gasteiger partial charge in [-0.25, -0.2) is 0 Å². The van der Waals surface area contributed by atoms with Crippen LogP contribution in [0.2, 0.25) is 0 Å². The molecule has 30 heavy (non-hydrogen) atoms. The van der Waals surface area contributed by atoms with Crippen LogP contribution in [0.25, 0.3) is 21.2 Å². The molecule has 3 heteroatoms. The van der Waals surface area contributed by atoms with Crippen LogP contribution in [0.5, 0.6) is 0 Å². The highest BCUT2D eigenvalue weighted by atomic mass is 32.1. The Bertz CT molecular complexity index is 1270. The first-order valence-corrected chi connectivity index (χ1v) is 10.6. The van der Waals surface area contributed by atoms with Gasteiger partial charge in [0.25, 0.3) is 0 Å². The van der Waals surface area contributed by atoms with Gasteiger partial charge in [0.1, 0.15) is 0 Å². The fraction of sp³-hybridized carbons (Fsp3) is 0. The number of fused-ring (bicyclic) bond motifs is 1. The lowest BCUT2D eigenvalue weighted by Gasteiger charge is -2.27. The van der Waals surface area contributed by atoms with Crippen molar-refractivity contribution >= 4 is 45.5 Å². The Labute approximate surface area is 179 Å². The number of rotatable bonds is 5. The van der Waals surface area contributed by atoms with E-state index in [1.807, 2.05) is 24.3 Å². The fourth-order valence-electron chi connectivity index (χ4n) is 3.84. The van der Waals surface area contributed by atoms with Gasteiger partial charge in [-0.3, -0.25) is 4.79 Å². The maximum Gasteiger partial charge on any atom is 0.160 e. The smallest absolute Gasteiger partial charge is 0.160 e. The molecule has 2 nitrogen and oxygen atoms in total. The summed E-state index contributed by atoms with van der Waals surface area (Å²) in [5, 5.41) is 2.34. The van der Waals surface area contributed by atoms with Gasteiger partial charge in [0.2, 0.25) is 0 Å². The summed E-state index contributed by atoms with van der Waals surface area (Å²) in [6, 6.07) is 37.6. The molecular weight excluding hydrogens is 386 g/mol. The molecule has 5 aromatic rings. The van der Waals surface area contributed by atoms with Gasteiger partial charge in [-0.1, -0.05) is 66.7 Å². The van der Waals surface area contributed by atoms with E-state index in [0.29, 0.717) is 0 Å². The Morgan fingerprint density at radius 1 is 0.600 bits per heavy atom. The van der Waals surface area contributed by atoms with Gasteiger partial charge in [-0.05, 0) is 53.4 Å². The number of hydrogen-bond acceptors (Lipinski definition) is 3. The van der Waals surface area contributed by atoms with Gasteiger partial charge in [-0.15, -0.1) is 11.3 Å². The van der Waals surface area contributed by atoms with E-state index in [4.69, 9.17) is 0 Å². The van der Waals surface area contributed by atoms with Crippen molar-refractivity contribution in [2.45, 2.75) is 0 Å². The molecule has 0 fully saturated rings. The molecule has 0 spiro atoms. The van der Waals surface area contributed by atoms with Crippen LogP contribution < -0.4 is 4.90 Å². The van der Waals surface area contributed by atoms with Crippen molar-refractivity contribution in [1.82, 2.24) is 0 Å². The van der Waals surface area contributed by atoms with Crippen LogP contribution >= 0.6 is 11.3 Å². The first kappa shape index (κ1) is 18.3. The van der Waals surface area contributed by atoms with Gasteiger partial charge in [0, 0.05) is 21.6 Å². The topological polar surface area (TPSA) is 20.3 Å². The van der Waals surface area contributed by atoms with Crippen LogP contribution in [0.1, 0.15) is 9.67 Å². The molecule has 5 rings (SSSR count). The highest BCUT2D eigenvalue weighted by Gasteiger charge is 2.17. The molecule has 0 unspecified atom stereocenters. The highest BCUT2D eigenvalue weighted by molar-refractivity contribution is 7.17. The summed E-state index contributed by atoms with van der Waals surface area (Å²) in [6.45, 7) is 0.